The molecule has 0 radical (unpaired) electrons. The summed E-state index contributed by atoms with van der Waals surface area (Å²) in [6, 6.07) is 9.93. The highest BCUT2D eigenvalue weighted by atomic mass is 16.5. The summed E-state index contributed by atoms with van der Waals surface area (Å²) in [6.07, 6.45) is 8.27. The predicted molar refractivity (Wildman–Crippen MR) is 170 cm³/mol. The summed E-state index contributed by atoms with van der Waals surface area (Å²) in [5, 5.41) is 14.9. The zero-order valence-corrected chi connectivity index (χ0v) is 25.4. The van der Waals surface area contributed by atoms with Crippen molar-refractivity contribution in [1.29, 1.82) is 0 Å². The molecule has 0 bridgehead atoms. The van der Waals surface area contributed by atoms with Crippen molar-refractivity contribution in [1.82, 2.24) is 39.6 Å². The number of aromatic nitrogens is 7. The maximum absolute atomic E-state index is 13.2. The summed E-state index contributed by atoms with van der Waals surface area (Å²) in [5.74, 6) is 2.61. The smallest absolute Gasteiger partial charge is 0.238 e. The van der Waals surface area contributed by atoms with Gasteiger partial charge in [-0.2, -0.15) is 10.1 Å². The van der Waals surface area contributed by atoms with Crippen LogP contribution in [0.1, 0.15) is 25.0 Å². The van der Waals surface area contributed by atoms with E-state index in [1.165, 1.54) is 0 Å². The summed E-state index contributed by atoms with van der Waals surface area (Å²) in [4.78, 5) is 36.5. The predicted octanol–water partition coefficient (Wildman–Crippen LogP) is 3.88. The molecule has 14 nitrogen and oxygen atoms in total. The number of anilines is 4. The van der Waals surface area contributed by atoms with Crippen LogP contribution in [0.5, 0.6) is 11.6 Å². The van der Waals surface area contributed by atoms with Crippen LogP contribution >= 0.6 is 0 Å². The van der Waals surface area contributed by atoms with Gasteiger partial charge in [0, 0.05) is 67.3 Å². The number of carbonyl (C=O) groups is 1. The van der Waals surface area contributed by atoms with Gasteiger partial charge in [0.25, 0.3) is 0 Å². The van der Waals surface area contributed by atoms with E-state index >= 15 is 0 Å². The molecule has 2 fully saturated rings. The maximum atomic E-state index is 13.2. The highest BCUT2D eigenvalue weighted by Crippen LogP contribution is 2.36. The Morgan fingerprint density at radius 3 is 2.82 bits per heavy atom. The van der Waals surface area contributed by atoms with Crippen molar-refractivity contribution in [2.75, 3.05) is 42.7 Å². The first kappa shape index (κ1) is 28.5. The van der Waals surface area contributed by atoms with E-state index in [9.17, 15) is 4.79 Å². The topological polar surface area (TPSA) is 160 Å². The van der Waals surface area contributed by atoms with Crippen LogP contribution in [0.3, 0.4) is 0 Å². The van der Waals surface area contributed by atoms with Crippen LogP contribution in [0.2, 0.25) is 0 Å². The van der Waals surface area contributed by atoms with Crippen molar-refractivity contribution >= 4 is 40.2 Å². The van der Waals surface area contributed by atoms with E-state index < -0.39 is 0 Å². The highest BCUT2D eigenvalue weighted by Gasteiger charge is 2.27. The zero-order chi connectivity index (χ0) is 30.9. The molecular weight excluding hydrogens is 574 g/mol. The van der Waals surface area contributed by atoms with Crippen molar-refractivity contribution in [3.8, 4) is 22.9 Å². The fraction of sp³-hybridized carbons (Fsp3) is 0.355. The number of aryl methyl sites for hydroxylation is 2. The normalized spacial score (nSPS) is 16.6. The molecular formula is C31H35N11O3. The van der Waals surface area contributed by atoms with Gasteiger partial charge < -0.3 is 30.4 Å². The van der Waals surface area contributed by atoms with E-state index in [4.69, 9.17) is 14.5 Å². The number of aromatic amines is 1. The van der Waals surface area contributed by atoms with Gasteiger partial charge in [0.05, 0.1) is 31.1 Å². The van der Waals surface area contributed by atoms with Crippen LogP contribution < -0.4 is 25.4 Å². The molecule has 2 aliphatic rings. The molecule has 14 heteroatoms. The molecule has 5 heterocycles. The van der Waals surface area contributed by atoms with E-state index in [0.29, 0.717) is 53.3 Å². The average molecular weight is 610 g/mol. The average Bonchev–Trinajstić information content (AvgIpc) is 3.40. The number of hydrogen-bond acceptors (Lipinski definition) is 11. The Kier molecular flexibility index (Phi) is 7.63. The number of hydrogen-bond donors (Lipinski definition) is 4. The first-order valence-electron chi connectivity index (χ1n) is 15.0. The van der Waals surface area contributed by atoms with Crippen LogP contribution in [-0.4, -0.2) is 84.4 Å². The number of nitrogens with one attached hydrogen (secondary N) is 4. The summed E-state index contributed by atoms with van der Waals surface area (Å²) in [6.45, 7) is 3.63. The largest absolute Gasteiger partial charge is 0.493 e. The lowest BCUT2D eigenvalue weighted by Gasteiger charge is -2.17. The van der Waals surface area contributed by atoms with Crippen LogP contribution in [0.4, 0.5) is 23.4 Å². The maximum Gasteiger partial charge on any atom is 0.238 e. The standard InChI is InChI=1S/C31H35N11O3/c1-18-13-25(40-41(18)2)37-31-34-15-24(44-3)29(39-31)22-14-33-28-21(22)5-4-6-23(28)36-26(43)17-42-12-10-20(16-42)45-27-9-11-32-30(38-27)35-19-7-8-19/h4-6,9,11,13-15,19-20,33H,7-8,10,12,16-17H2,1-3H3,(H,36,43)(H,32,35,38)(H,34,37,39,40). The number of fused-ring (bicyclic) bond motifs is 1. The molecule has 5 aromatic rings. The molecule has 0 spiro atoms. The van der Waals surface area contributed by atoms with Gasteiger partial charge in [-0.3, -0.25) is 14.4 Å². The molecule has 1 aliphatic carbocycles. The van der Waals surface area contributed by atoms with E-state index in [1.54, 1.807) is 30.3 Å². The SMILES string of the molecule is COc1cnc(Nc2cc(C)n(C)n2)nc1-c1c[nH]c2c(NC(=O)CN3CCC(Oc4ccnc(NC5CC5)n4)C3)cccc12. The minimum Gasteiger partial charge on any atom is -0.493 e. The number of H-pyrrole nitrogens is 1. The van der Waals surface area contributed by atoms with Crippen molar-refractivity contribution in [3.63, 3.8) is 0 Å². The van der Waals surface area contributed by atoms with Gasteiger partial charge in [-0.15, -0.1) is 0 Å². The Morgan fingerprint density at radius 2 is 2.02 bits per heavy atom. The van der Waals surface area contributed by atoms with Crippen molar-refractivity contribution < 1.29 is 14.3 Å². The number of rotatable bonds is 11. The van der Waals surface area contributed by atoms with Crippen molar-refractivity contribution in [3.05, 3.63) is 54.6 Å². The molecule has 7 rings (SSSR count). The quantitative estimate of drug-likeness (QED) is 0.172. The van der Waals surface area contributed by atoms with Crippen LogP contribution in [0, 0.1) is 6.92 Å². The molecule has 1 saturated heterocycles. The Labute approximate surface area is 259 Å². The molecule has 1 unspecified atom stereocenters. The number of ether oxygens (including phenoxy) is 2. The minimum atomic E-state index is -0.103. The lowest BCUT2D eigenvalue weighted by atomic mass is 10.1. The van der Waals surface area contributed by atoms with Gasteiger partial charge in [0.2, 0.25) is 23.7 Å². The molecule has 4 aromatic heterocycles. The molecule has 45 heavy (non-hydrogen) atoms. The summed E-state index contributed by atoms with van der Waals surface area (Å²) in [5.41, 5.74) is 3.91. The van der Waals surface area contributed by atoms with E-state index in [0.717, 1.165) is 48.0 Å². The van der Waals surface area contributed by atoms with Gasteiger partial charge in [-0.1, -0.05) is 12.1 Å². The molecule has 1 aromatic carbocycles. The number of likely N-dealkylation sites (tertiary alicyclic amines) is 1. The van der Waals surface area contributed by atoms with Crippen molar-refractivity contribution in [2.24, 2.45) is 7.05 Å². The molecule has 1 saturated carbocycles. The highest BCUT2D eigenvalue weighted by molar-refractivity contribution is 6.06. The minimum absolute atomic E-state index is 0.0419. The van der Waals surface area contributed by atoms with Crippen LogP contribution in [0.15, 0.2) is 48.9 Å². The number of benzene rings is 1. The summed E-state index contributed by atoms with van der Waals surface area (Å²) < 4.78 is 13.5. The van der Waals surface area contributed by atoms with Gasteiger partial charge >= 0.3 is 0 Å². The monoisotopic (exact) mass is 609 g/mol. The lowest BCUT2D eigenvalue weighted by molar-refractivity contribution is -0.117. The molecule has 4 N–H and O–H groups in total. The summed E-state index contributed by atoms with van der Waals surface area (Å²) >= 11 is 0. The Morgan fingerprint density at radius 1 is 1.13 bits per heavy atom. The Balaban J connectivity index is 1.02. The third-order valence-electron chi connectivity index (χ3n) is 8.00. The molecule has 1 aliphatic heterocycles. The number of carbonyl (C=O) groups excluding carboxylic acids is 1. The molecule has 1 atom stereocenters. The third-order valence-corrected chi connectivity index (χ3v) is 8.00. The second-order valence-electron chi connectivity index (χ2n) is 11.4. The first-order valence-corrected chi connectivity index (χ1v) is 15.0. The third kappa shape index (κ3) is 6.36. The number of methoxy groups -OCH3 is 1. The van der Waals surface area contributed by atoms with Gasteiger partial charge in [-0.05, 0) is 32.3 Å². The Hall–Kier alpha value is -5.24. The van der Waals surface area contributed by atoms with Crippen molar-refractivity contribution in [2.45, 2.75) is 38.3 Å². The lowest BCUT2D eigenvalue weighted by Crippen LogP contribution is -2.33. The van der Waals surface area contributed by atoms with E-state index in [-0.39, 0.29) is 18.6 Å². The zero-order valence-electron chi connectivity index (χ0n) is 25.4. The van der Waals surface area contributed by atoms with Crippen LogP contribution in [0.25, 0.3) is 22.2 Å². The van der Waals surface area contributed by atoms with E-state index in [2.05, 4.69) is 45.9 Å². The fourth-order valence-electron chi connectivity index (χ4n) is 5.45. The second-order valence-corrected chi connectivity index (χ2v) is 11.4. The van der Waals surface area contributed by atoms with Crippen LogP contribution in [-0.2, 0) is 11.8 Å². The number of amides is 1. The molecule has 232 valence electrons. The van der Waals surface area contributed by atoms with E-state index in [1.807, 2.05) is 44.4 Å². The van der Waals surface area contributed by atoms with Gasteiger partial charge in [0.1, 0.15) is 11.8 Å². The second kappa shape index (κ2) is 12.0. The number of para-hydroxylation sites is 1. The Bertz CT molecular complexity index is 1830. The van der Waals surface area contributed by atoms with Gasteiger partial charge in [-0.25, -0.2) is 15.0 Å². The first-order chi connectivity index (χ1) is 21.9. The fourth-order valence-corrected chi connectivity index (χ4v) is 5.45. The number of nitrogens with zero attached hydrogens (tertiary/aromatic N) is 7. The summed E-state index contributed by atoms with van der Waals surface area (Å²) in [7, 11) is 3.47. The molecule has 1 amide bonds. The van der Waals surface area contributed by atoms with Gasteiger partial charge in [0.15, 0.2) is 11.6 Å².